The van der Waals surface area contributed by atoms with Crippen LogP contribution in [0.4, 0.5) is 0 Å². The van der Waals surface area contributed by atoms with Crippen LogP contribution < -0.4 is 5.43 Å². The van der Waals surface area contributed by atoms with Crippen LogP contribution in [-0.2, 0) is 0 Å². The number of nitrogens with one attached hydrogen (secondary N) is 1. The Morgan fingerprint density at radius 3 is 2.87 bits per heavy atom. The maximum absolute atomic E-state index is 11.9. The topological polar surface area (TPSA) is 53.1 Å². The van der Waals surface area contributed by atoms with Gasteiger partial charge in [0.15, 0.2) is 5.43 Å². The van der Waals surface area contributed by atoms with Crippen LogP contribution in [0.2, 0.25) is 5.02 Å². The molecule has 4 heteroatoms. The summed E-state index contributed by atoms with van der Waals surface area (Å²) in [7, 11) is 0. The number of halogens is 1. The molecule has 0 aliphatic rings. The highest BCUT2D eigenvalue weighted by molar-refractivity contribution is 6.35. The molecule has 1 heterocycles. The molecule has 1 aromatic heterocycles. The van der Waals surface area contributed by atoms with Gasteiger partial charge in [-0.1, -0.05) is 17.7 Å². The molecular formula is C11H10ClNO2. The molecule has 0 amide bonds. The zero-order valence-corrected chi connectivity index (χ0v) is 8.88. The molecule has 15 heavy (non-hydrogen) atoms. The fraction of sp³-hybridized carbons (Fsp3) is 0.182. The van der Waals surface area contributed by atoms with E-state index in [-0.39, 0.29) is 5.43 Å². The molecule has 0 saturated heterocycles. The zero-order chi connectivity index (χ0) is 11.0. The number of hydrogen-bond donors (Lipinski definition) is 2. The first-order valence-electron chi connectivity index (χ1n) is 4.59. The van der Waals surface area contributed by atoms with Crippen LogP contribution in [0.1, 0.15) is 18.6 Å². The molecule has 1 unspecified atom stereocenters. The van der Waals surface area contributed by atoms with E-state index in [0.29, 0.717) is 21.5 Å². The van der Waals surface area contributed by atoms with Crippen molar-refractivity contribution >= 4 is 22.5 Å². The Morgan fingerprint density at radius 2 is 2.20 bits per heavy atom. The van der Waals surface area contributed by atoms with Gasteiger partial charge in [-0.15, -0.1) is 0 Å². The summed E-state index contributed by atoms with van der Waals surface area (Å²) in [4.78, 5) is 14.8. The Bertz CT molecular complexity index is 560. The first-order chi connectivity index (χ1) is 7.11. The minimum Gasteiger partial charge on any atom is -0.389 e. The number of fused-ring (bicyclic) bond motifs is 1. The molecule has 1 aromatic carbocycles. The second-order valence-electron chi connectivity index (χ2n) is 3.41. The number of aliphatic hydroxyl groups excluding tert-OH is 1. The predicted octanol–water partition coefficient (Wildman–Crippen LogP) is 2.23. The number of H-pyrrole nitrogens is 1. The molecular weight excluding hydrogens is 214 g/mol. The van der Waals surface area contributed by atoms with E-state index in [1.165, 1.54) is 6.20 Å². The average molecular weight is 224 g/mol. The molecule has 0 aliphatic heterocycles. The largest absolute Gasteiger partial charge is 0.389 e. The predicted molar refractivity (Wildman–Crippen MR) is 60.2 cm³/mol. The molecule has 0 fully saturated rings. The van der Waals surface area contributed by atoms with Gasteiger partial charge in [0.25, 0.3) is 0 Å². The first-order valence-corrected chi connectivity index (χ1v) is 4.97. The van der Waals surface area contributed by atoms with E-state index in [2.05, 4.69) is 4.98 Å². The van der Waals surface area contributed by atoms with E-state index in [0.717, 1.165) is 0 Å². The Kier molecular flexibility index (Phi) is 2.50. The fourth-order valence-corrected chi connectivity index (χ4v) is 1.77. The normalized spacial score (nSPS) is 13.0. The van der Waals surface area contributed by atoms with E-state index < -0.39 is 6.10 Å². The van der Waals surface area contributed by atoms with Gasteiger partial charge in [-0.3, -0.25) is 4.79 Å². The average Bonchev–Trinajstić information content (AvgIpc) is 2.19. The Labute approximate surface area is 91.3 Å². The molecule has 0 radical (unpaired) electrons. The van der Waals surface area contributed by atoms with Crippen molar-refractivity contribution in [2.45, 2.75) is 13.0 Å². The summed E-state index contributed by atoms with van der Waals surface area (Å²) in [6, 6.07) is 5.11. The molecule has 0 spiro atoms. The second-order valence-corrected chi connectivity index (χ2v) is 3.82. The minimum atomic E-state index is -0.780. The van der Waals surface area contributed by atoms with Crippen molar-refractivity contribution in [1.82, 2.24) is 4.98 Å². The fourth-order valence-electron chi connectivity index (χ4n) is 1.54. The van der Waals surface area contributed by atoms with Gasteiger partial charge in [-0.25, -0.2) is 0 Å². The quantitative estimate of drug-likeness (QED) is 0.779. The van der Waals surface area contributed by atoms with Crippen LogP contribution in [0.3, 0.4) is 0 Å². The molecule has 78 valence electrons. The molecule has 2 N–H and O–H groups in total. The smallest absolute Gasteiger partial charge is 0.195 e. The van der Waals surface area contributed by atoms with E-state index in [9.17, 15) is 9.90 Å². The van der Waals surface area contributed by atoms with Crippen LogP contribution >= 0.6 is 11.6 Å². The summed E-state index contributed by atoms with van der Waals surface area (Å²) < 4.78 is 0. The monoisotopic (exact) mass is 223 g/mol. The van der Waals surface area contributed by atoms with Gasteiger partial charge in [0, 0.05) is 17.1 Å². The van der Waals surface area contributed by atoms with Gasteiger partial charge in [-0.2, -0.15) is 0 Å². The molecule has 0 saturated carbocycles. The number of aliphatic hydroxyl groups is 1. The standard InChI is InChI=1S/C11H10ClNO2/c1-6(14)8-5-13-10-7(11(8)15)3-2-4-9(10)12/h2-6,14H,1H3,(H,13,15). The van der Waals surface area contributed by atoms with Crippen molar-refractivity contribution in [3.05, 3.63) is 45.2 Å². The highest BCUT2D eigenvalue weighted by Gasteiger charge is 2.10. The second kappa shape index (κ2) is 3.68. The van der Waals surface area contributed by atoms with Crippen molar-refractivity contribution in [2.75, 3.05) is 0 Å². The van der Waals surface area contributed by atoms with E-state index in [1.54, 1.807) is 25.1 Å². The van der Waals surface area contributed by atoms with Crippen molar-refractivity contribution in [2.24, 2.45) is 0 Å². The number of benzene rings is 1. The summed E-state index contributed by atoms with van der Waals surface area (Å²) in [6.07, 6.45) is 0.721. The van der Waals surface area contributed by atoms with Crippen molar-refractivity contribution in [3.63, 3.8) is 0 Å². The van der Waals surface area contributed by atoms with Crippen LogP contribution in [0.15, 0.2) is 29.2 Å². The van der Waals surface area contributed by atoms with E-state index in [1.807, 2.05) is 0 Å². The maximum atomic E-state index is 11.9. The van der Waals surface area contributed by atoms with Gasteiger partial charge in [0.05, 0.1) is 16.6 Å². The third-order valence-corrected chi connectivity index (χ3v) is 2.66. The van der Waals surface area contributed by atoms with E-state index in [4.69, 9.17) is 11.6 Å². The van der Waals surface area contributed by atoms with Crippen LogP contribution in [0, 0.1) is 0 Å². The van der Waals surface area contributed by atoms with Gasteiger partial charge in [-0.05, 0) is 19.1 Å². The number of aromatic amines is 1. The van der Waals surface area contributed by atoms with Gasteiger partial charge in [0.1, 0.15) is 0 Å². The lowest BCUT2D eigenvalue weighted by Crippen LogP contribution is -2.12. The molecule has 0 aliphatic carbocycles. The van der Waals surface area contributed by atoms with Crippen molar-refractivity contribution in [3.8, 4) is 0 Å². The summed E-state index contributed by atoms with van der Waals surface area (Å²) in [5.74, 6) is 0. The SMILES string of the molecule is CC(O)c1c[nH]c2c(Cl)cccc2c1=O. The summed E-state index contributed by atoms with van der Waals surface area (Å²) in [6.45, 7) is 1.56. The number of rotatable bonds is 1. The number of hydrogen-bond acceptors (Lipinski definition) is 2. The van der Waals surface area contributed by atoms with Gasteiger partial charge >= 0.3 is 0 Å². The van der Waals surface area contributed by atoms with Crippen molar-refractivity contribution in [1.29, 1.82) is 0 Å². The minimum absolute atomic E-state index is 0.179. The lowest BCUT2D eigenvalue weighted by Gasteiger charge is -2.06. The Hall–Kier alpha value is -1.32. The highest BCUT2D eigenvalue weighted by atomic mass is 35.5. The number of pyridine rings is 1. The summed E-state index contributed by atoms with van der Waals surface area (Å²) in [5, 5.41) is 10.4. The van der Waals surface area contributed by atoms with Crippen LogP contribution in [0.25, 0.3) is 10.9 Å². The van der Waals surface area contributed by atoms with Gasteiger partial charge < -0.3 is 10.1 Å². The van der Waals surface area contributed by atoms with Crippen molar-refractivity contribution < 1.29 is 5.11 Å². The molecule has 2 rings (SSSR count). The first kappa shape index (κ1) is 10.2. The Balaban J connectivity index is 2.86. The summed E-state index contributed by atoms with van der Waals surface area (Å²) >= 11 is 5.93. The number of aromatic nitrogens is 1. The zero-order valence-electron chi connectivity index (χ0n) is 8.12. The third-order valence-electron chi connectivity index (χ3n) is 2.34. The summed E-state index contributed by atoms with van der Waals surface area (Å²) in [5.41, 5.74) is 0.777. The maximum Gasteiger partial charge on any atom is 0.195 e. The number of para-hydroxylation sites is 1. The lowest BCUT2D eigenvalue weighted by atomic mass is 10.1. The van der Waals surface area contributed by atoms with Crippen LogP contribution in [-0.4, -0.2) is 10.1 Å². The third kappa shape index (κ3) is 1.64. The molecule has 1 atom stereocenters. The molecule has 2 aromatic rings. The molecule has 0 bridgehead atoms. The van der Waals surface area contributed by atoms with Crippen LogP contribution in [0.5, 0.6) is 0 Å². The lowest BCUT2D eigenvalue weighted by molar-refractivity contribution is 0.198. The van der Waals surface area contributed by atoms with Gasteiger partial charge in [0.2, 0.25) is 0 Å². The molecule has 3 nitrogen and oxygen atoms in total. The highest BCUT2D eigenvalue weighted by Crippen LogP contribution is 2.19. The van der Waals surface area contributed by atoms with E-state index >= 15 is 0 Å². The Morgan fingerprint density at radius 1 is 1.47 bits per heavy atom.